The zero-order valence-corrected chi connectivity index (χ0v) is 17.0. The van der Waals surface area contributed by atoms with Crippen LogP contribution in [0.25, 0.3) is 27.8 Å². The first-order valence-corrected chi connectivity index (χ1v) is 10.2. The van der Waals surface area contributed by atoms with Gasteiger partial charge in [0, 0.05) is 11.6 Å². The van der Waals surface area contributed by atoms with Crippen LogP contribution in [-0.2, 0) is 0 Å². The van der Waals surface area contributed by atoms with E-state index in [0.717, 1.165) is 48.2 Å². The minimum absolute atomic E-state index is 0.429. The molecule has 1 aliphatic heterocycles. The Morgan fingerprint density at radius 2 is 2.03 bits per heavy atom. The van der Waals surface area contributed by atoms with Gasteiger partial charge in [0.2, 0.25) is 5.95 Å². The number of fused-ring (bicyclic) bond motifs is 2. The zero-order valence-electron chi connectivity index (χ0n) is 17.0. The Kier molecular flexibility index (Phi) is 4.13. The molecular weight excluding hydrogens is 394 g/mol. The van der Waals surface area contributed by atoms with Crippen LogP contribution in [0.3, 0.4) is 0 Å². The third kappa shape index (κ3) is 3.28. The highest BCUT2D eigenvalue weighted by atomic mass is 15.4. The summed E-state index contributed by atoms with van der Waals surface area (Å²) in [6.45, 7) is 2.18. The summed E-state index contributed by atoms with van der Waals surface area (Å²) in [4.78, 5) is 11.4. The molecule has 11 heteroatoms. The predicted octanol–water partition coefficient (Wildman–Crippen LogP) is 2.29. The molecule has 1 fully saturated rings. The van der Waals surface area contributed by atoms with Crippen molar-refractivity contribution in [2.24, 2.45) is 0 Å². The summed E-state index contributed by atoms with van der Waals surface area (Å²) in [7, 11) is 2.16. The highest BCUT2D eigenvalue weighted by Gasteiger charge is 2.19. The number of nitrogens with one attached hydrogen (secondary N) is 2. The summed E-state index contributed by atoms with van der Waals surface area (Å²) in [5.74, 6) is 0.475. The van der Waals surface area contributed by atoms with Crippen LogP contribution in [0, 0.1) is 0 Å². The lowest BCUT2D eigenvalue weighted by Crippen LogP contribution is -2.31. The van der Waals surface area contributed by atoms with Crippen molar-refractivity contribution < 1.29 is 0 Å². The normalized spacial score (nSPS) is 15.8. The molecule has 6 rings (SSSR count). The first kappa shape index (κ1) is 18.0. The van der Waals surface area contributed by atoms with Gasteiger partial charge < -0.3 is 10.2 Å². The predicted molar refractivity (Wildman–Crippen MR) is 115 cm³/mol. The number of nitrogens with zero attached hydrogens (tertiary/aromatic N) is 9. The SMILES string of the molecule is CN1CCC(n2cc(Nc3ncc4nnn(-c5ccc6[nH]ncc6c5)c4n3)cn2)CC1. The van der Waals surface area contributed by atoms with Gasteiger partial charge in [0.25, 0.3) is 0 Å². The van der Waals surface area contributed by atoms with Crippen LogP contribution < -0.4 is 5.32 Å². The molecule has 0 radical (unpaired) electrons. The molecule has 1 aliphatic rings. The molecule has 1 aromatic carbocycles. The largest absolute Gasteiger partial charge is 0.321 e. The van der Waals surface area contributed by atoms with Gasteiger partial charge in [-0.2, -0.15) is 19.9 Å². The van der Waals surface area contributed by atoms with Gasteiger partial charge >= 0.3 is 0 Å². The quantitative estimate of drug-likeness (QED) is 0.459. The van der Waals surface area contributed by atoms with Crippen LogP contribution in [-0.4, -0.2) is 70.0 Å². The first-order chi connectivity index (χ1) is 15.2. The lowest BCUT2D eigenvalue weighted by Gasteiger charge is -2.28. The summed E-state index contributed by atoms with van der Waals surface area (Å²) < 4.78 is 3.75. The zero-order chi connectivity index (χ0) is 20.8. The molecular formula is C20H21N11. The van der Waals surface area contributed by atoms with Crippen molar-refractivity contribution in [3.63, 3.8) is 0 Å². The van der Waals surface area contributed by atoms with E-state index in [2.05, 4.69) is 52.8 Å². The minimum atomic E-state index is 0.429. The molecule has 156 valence electrons. The van der Waals surface area contributed by atoms with E-state index < -0.39 is 0 Å². The van der Waals surface area contributed by atoms with Gasteiger partial charge in [-0.05, 0) is 51.2 Å². The van der Waals surface area contributed by atoms with E-state index in [-0.39, 0.29) is 0 Å². The Bertz CT molecular complexity index is 1360. The van der Waals surface area contributed by atoms with Crippen molar-refractivity contribution in [1.29, 1.82) is 0 Å². The van der Waals surface area contributed by atoms with Crippen LogP contribution >= 0.6 is 0 Å². The average Bonchev–Trinajstić information content (AvgIpc) is 3.53. The van der Waals surface area contributed by atoms with E-state index in [9.17, 15) is 0 Å². The van der Waals surface area contributed by atoms with Crippen molar-refractivity contribution in [3.05, 3.63) is 43.0 Å². The number of hydrogen-bond acceptors (Lipinski definition) is 8. The second-order valence-electron chi connectivity index (χ2n) is 7.91. The lowest BCUT2D eigenvalue weighted by molar-refractivity contribution is 0.212. The highest BCUT2D eigenvalue weighted by Crippen LogP contribution is 2.24. The Labute approximate surface area is 177 Å². The summed E-state index contributed by atoms with van der Waals surface area (Å²) in [5.41, 5.74) is 3.93. The number of anilines is 2. The maximum Gasteiger partial charge on any atom is 0.229 e. The van der Waals surface area contributed by atoms with Gasteiger partial charge in [0.1, 0.15) is 0 Å². The Morgan fingerprint density at radius 3 is 2.94 bits per heavy atom. The van der Waals surface area contributed by atoms with Crippen LogP contribution in [0.5, 0.6) is 0 Å². The van der Waals surface area contributed by atoms with Crippen molar-refractivity contribution in [2.45, 2.75) is 18.9 Å². The van der Waals surface area contributed by atoms with Crippen LogP contribution in [0.1, 0.15) is 18.9 Å². The smallest absolute Gasteiger partial charge is 0.229 e. The van der Waals surface area contributed by atoms with Crippen LogP contribution in [0.4, 0.5) is 11.6 Å². The van der Waals surface area contributed by atoms with Crippen molar-refractivity contribution in [3.8, 4) is 5.69 Å². The standard InChI is InChI=1S/C20H21N11/c1-29-6-4-15(5-7-29)30-12-14(10-23-30)24-20-21-11-18-19(25-20)31(28-27-18)16-2-3-17-13(8-16)9-22-26-17/h2-3,8-12,15H,4-7H2,1H3,(H,22,26)(H,21,24,25). The van der Waals surface area contributed by atoms with Gasteiger partial charge in [0.15, 0.2) is 11.2 Å². The number of hydrogen-bond donors (Lipinski definition) is 2. The number of aromatic nitrogens is 9. The number of aromatic amines is 1. The van der Waals surface area contributed by atoms with E-state index in [0.29, 0.717) is 23.2 Å². The molecule has 4 aromatic heterocycles. The summed E-state index contributed by atoms with van der Waals surface area (Å²) >= 11 is 0. The molecule has 31 heavy (non-hydrogen) atoms. The summed E-state index contributed by atoms with van der Waals surface area (Å²) in [6.07, 6.45) is 9.49. The number of H-pyrrole nitrogens is 1. The van der Waals surface area contributed by atoms with Crippen molar-refractivity contribution in [2.75, 3.05) is 25.5 Å². The summed E-state index contributed by atoms with van der Waals surface area (Å²) in [5, 5.41) is 24.3. The molecule has 0 saturated carbocycles. The fourth-order valence-electron chi connectivity index (χ4n) is 4.02. The highest BCUT2D eigenvalue weighted by molar-refractivity contribution is 5.81. The lowest BCUT2D eigenvalue weighted by atomic mass is 10.1. The molecule has 0 aliphatic carbocycles. The van der Waals surface area contributed by atoms with Gasteiger partial charge in [-0.25, -0.2) is 4.98 Å². The molecule has 1 saturated heterocycles. The van der Waals surface area contributed by atoms with Gasteiger partial charge in [0.05, 0.1) is 41.5 Å². The van der Waals surface area contributed by atoms with E-state index in [1.54, 1.807) is 17.1 Å². The molecule has 0 atom stereocenters. The van der Waals surface area contributed by atoms with Gasteiger partial charge in [-0.1, -0.05) is 5.21 Å². The number of likely N-dealkylation sites (tertiary alicyclic amines) is 1. The van der Waals surface area contributed by atoms with E-state index in [1.165, 1.54) is 0 Å². The molecule has 2 N–H and O–H groups in total. The molecule has 0 spiro atoms. The minimum Gasteiger partial charge on any atom is -0.321 e. The number of piperidine rings is 1. The Morgan fingerprint density at radius 1 is 1.13 bits per heavy atom. The Hall–Kier alpha value is -3.86. The molecule has 11 nitrogen and oxygen atoms in total. The fraction of sp³-hybridized carbons (Fsp3) is 0.300. The molecule has 5 aromatic rings. The molecule has 5 heterocycles. The average molecular weight is 415 g/mol. The number of rotatable bonds is 4. The third-order valence-electron chi connectivity index (χ3n) is 5.78. The second kappa shape index (κ2) is 7.13. The fourth-order valence-corrected chi connectivity index (χ4v) is 4.02. The molecule has 0 unspecified atom stereocenters. The number of benzene rings is 1. The van der Waals surface area contributed by atoms with Gasteiger partial charge in [-0.15, -0.1) is 5.10 Å². The van der Waals surface area contributed by atoms with E-state index in [1.807, 2.05) is 35.3 Å². The van der Waals surface area contributed by atoms with Crippen molar-refractivity contribution in [1.82, 2.24) is 49.8 Å². The van der Waals surface area contributed by atoms with Crippen LogP contribution in [0.15, 0.2) is 43.0 Å². The third-order valence-corrected chi connectivity index (χ3v) is 5.78. The topological polar surface area (TPSA) is 118 Å². The first-order valence-electron chi connectivity index (χ1n) is 10.2. The summed E-state index contributed by atoms with van der Waals surface area (Å²) in [6, 6.07) is 6.34. The van der Waals surface area contributed by atoms with Gasteiger partial charge in [-0.3, -0.25) is 9.78 Å². The maximum atomic E-state index is 4.65. The Balaban J connectivity index is 1.28. The molecule has 0 amide bonds. The van der Waals surface area contributed by atoms with E-state index in [4.69, 9.17) is 0 Å². The van der Waals surface area contributed by atoms with Crippen LogP contribution in [0.2, 0.25) is 0 Å². The monoisotopic (exact) mass is 415 g/mol. The van der Waals surface area contributed by atoms with E-state index >= 15 is 0 Å². The molecule has 0 bridgehead atoms. The van der Waals surface area contributed by atoms with Crippen molar-refractivity contribution >= 4 is 33.7 Å². The maximum absolute atomic E-state index is 4.65. The second-order valence-corrected chi connectivity index (χ2v) is 7.91.